The molecule has 1 amide bonds. The maximum absolute atomic E-state index is 14.5. The summed E-state index contributed by atoms with van der Waals surface area (Å²) in [5.74, 6) is -0.101. The van der Waals surface area contributed by atoms with Gasteiger partial charge in [0.25, 0.3) is 5.91 Å². The normalized spacial score (nSPS) is 14.9. The number of fused-ring (bicyclic) bond motifs is 1. The van der Waals surface area contributed by atoms with E-state index in [2.05, 4.69) is 30.7 Å². The molecule has 1 aromatic carbocycles. The highest BCUT2D eigenvalue weighted by Crippen LogP contribution is 2.31. The Morgan fingerprint density at radius 1 is 1.29 bits per heavy atom. The zero-order valence-corrected chi connectivity index (χ0v) is 17.0. The lowest BCUT2D eigenvalue weighted by Crippen LogP contribution is -2.17. The van der Waals surface area contributed by atoms with Crippen LogP contribution in [0.3, 0.4) is 0 Å². The summed E-state index contributed by atoms with van der Waals surface area (Å²) in [6.07, 6.45) is 10.1. The molecule has 0 saturated heterocycles. The van der Waals surface area contributed by atoms with Crippen LogP contribution >= 0.6 is 0 Å². The summed E-state index contributed by atoms with van der Waals surface area (Å²) >= 11 is 0. The molecule has 3 aromatic heterocycles. The molecule has 0 unspecified atom stereocenters. The van der Waals surface area contributed by atoms with Crippen molar-refractivity contribution in [2.75, 3.05) is 10.6 Å². The van der Waals surface area contributed by atoms with E-state index in [4.69, 9.17) is 0 Å². The van der Waals surface area contributed by atoms with Crippen LogP contribution in [0.25, 0.3) is 11.2 Å². The van der Waals surface area contributed by atoms with Crippen LogP contribution in [-0.2, 0) is 0 Å². The van der Waals surface area contributed by atoms with Crippen molar-refractivity contribution < 1.29 is 9.18 Å². The lowest BCUT2D eigenvalue weighted by Gasteiger charge is -2.25. The van der Waals surface area contributed by atoms with Crippen LogP contribution in [0.15, 0.2) is 49.1 Å². The molecule has 5 rings (SSSR count). The lowest BCUT2D eigenvalue weighted by molar-refractivity contribution is 0.102. The van der Waals surface area contributed by atoms with Gasteiger partial charge < -0.3 is 15.6 Å². The Morgan fingerprint density at radius 2 is 2.16 bits per heavy atom. The minimum Gasteiger partial charge on any atom is -0.362 e. The van der Waals surface area contributed by atoms with Gasteiger partial charge in [-0.1, -0.05) is 0 Å². The number of hydrogen-bond acceptors (Lipinski definition) is 5. The predicted molar refractivity (Wildman–Crippen MR) is 115 cm³/mol. The average molecular weight is 419 g/mol. The number of halogens is 1. The fourth-order valence-electron chi connectivity index (χ4n) is 3.66. The van der Waals surface area contributed by atoms with Crippen LogP contribution in [0.5, 0.6) is 0 Å². The van der Waals surface area contributed by atoms with Crippen molar-refractivity contribution >= 4 is 28.6 Å². The molecule has 1 atom stereocenters. The van der Waals surface area contributed by atoms with Gasteiger partial charge in [-0.2, -0.15) is 5.10 Å². The lowest BCUT2D eigenvalue weighted by atomic mass is 9.93. The van der Waals surface area contributed by atoms with Crippen molar-refractivity contribution in [3.05, 3.63) is 66.0 Å². The second kappa shape index (κ2) is 7.82. The van der Waals surface area contributed by atoms with Gasteiger partial charge in [-0.3, -0.25) is 9.48 Å². The summed E-state index contributed by atoms with van der Waals surface area (Å²) in [6.45, 7) is 1.83. The van der Waals surface area contributed by atoms with E-state index in [1.807, 2.05) is 17.7 Å². The molecular weight excluding hydrogens is 397 g/mol. The summed E-state index contributed by atoms with van der Waals surface area (Å²) < 4.78 is 16.4. The van der Waals surface area contributed by atoms with Gasteiger partial charge in [0.05, 0.1) is 30.0 Å². The number of amides is 1. The number of nitrogens with zero attached hydrogens (tertiary/aromatic N) is 4. The molecule has 9 heteroatoms. The van der Waals surface area contributed by atoms with E-state index in [0.717, 1.165) is 18.4 Å². The molecule has 0 aliphatic heterocycles. The third kappa shape index (κ3) is 3.86. The van der Waals surface area contributed by atoms with Crippen LogP contribution in [-0.4, -0.2) is 30.6 Å². The number of rotatable bonds is 6. The maximum Gasteiger partial charge on any atom is 0.258 e. The summed E-state index contributed by atoms with van der Waals surface area (Å²) in [7, 11) is 0. The molecule has 31 heavy (non-hydrogen) atoms. The second-order valence-electron chi connectivity index (χ2n) is 7.82. The minimum atomic E-state index is -0.385. The Labute approximate surface area is 177 Å². The summed E-state index contributed by atoms with van der Waals surface area (Å²) in [5.41, 5.74) is 2.83. The molecule has 8 nitrogen and oxygen atoms in total. The monoisotopic (exact) mass is 419 g/mol. The molecular formula is C22H22FN7O. The smallest absolute Gasteiger partial charge is 0.258 e. The van der Waals surface area contributed by atoms with E-state index < -0.39 is 0 Å². The first-order chi connectivity index (χ1) is 15.1. The third-order valence-corrected chi connectivity index (χ3v) is 5.66. The van der Waals surface area contributed by atoms with Gasteiger partial charge in [-0.25, -0.2) is 14.4 Å². The first-order valence-electron chi connectivity index (χ1n) is 10.3. The molecule has 158 valence electrons. The van der Waals surface area contributed by atoms with E-state index in [0.29, 0.717) is 34.3 Å². The molecule has 0 radical (unpaired) electrons. The topological polar surface area (TPSA) is 101 Å². The van der Waals surface area contributed by atoms with Gasteiger partial charge >= 0.3 is 0 Å². The fraction of sp³-hybridized carbons (Fsp3) is 0.273. The van der Waals surface area contributed by atoms with E-state index in [9.17, 15) is 9.18 Å². The highest BCUT2D eigenvalue weighted by Gasteiger charge is 2.21. The van der Waals surface area contributed by atoms with Crippen LogP contribution in [0, 0.1) is 5.82 Å². The largest absolute Gasteiger partial charge is 0.362 e. The first kappa shape index (κ1) is 19.2. The Bertz CT molecular complexity index is 1240. The van der Waals surface area contributed by atoms with Crippen molar-refractivity contribution in [2.24, 2.45) is 0 Å². The van der Waals surface area contributed by atoms with Crippen molar-refractivity contribution in [3.63, 3.8) is 0 Å². The number of carbonyl (C=O) groups is 1. The zero-order chi connectivity index (χ0) is 21.4. The zero-order valence-electron chi connectivity index (χ0n) is 17.0. The van der Waals surface area contributed by atoms with Crippen LogP contribution < -0.4 is 10.6 Å². The van der Waals surface area contributed by atoms with E-state index in [1.54, 1.807) is 36.9 Å². The molecule has 1 fully saturated rings. The van der Waals surface area contributed by atoms with Crippen LogP contribution in [0.2, 0.25) is 0 Å². The van der Waals surface area contributed by atoms with Crippen molar-refractivity contribution in [2.45, 2.75) is 38.3 Å². The summed E-state index contributed by atoms with van der Waals surface area (Å²) in [5, 5.41) is 10.3. The molecule has 3 heterocycles. The SMILES string of the molecule is C[C@H](Nc1cnc2[nH]ccc2n1)c1cc(NC(=O)c2cnn(C3CCC3)c2)ccc1F. The minimum absolute atomic E-state index is 0.271. The van der Waals surface area contributed by atoms with Gasteiger partial charge in [-0.05, 0) is 50.5 Å². The fourth-order valence-corrected chi connectivity index (χ4v) is 3.66. The highest BCUT2D eigenvalue weighted by molar-refractivity contribution is 6.04. The first-order valence-corrected chi connectivity index (χ1v) is 10.3. The van der Waals surface area contributed by atoms with Crippen LogP contribution in [0.4, 0.5) is 15.9 Å². The molecule has 4 aromatic rings. The van der Waals surface area contributed by atoms with Crippen molar-refractivity contribution in [1.82, 2.24) is 24.7 Å². The number of H-pyrrole nitrogens is 1. The molecule has 1 aliphatic rings. The molecule has 0 bridgehead atoms. The van der Waals surface area contributed by atoms with Gasteiger partial charge in [0, 0.05) is 23.6 Å². The van der Waals surface area contributed by atoms with Gasteiger partial charge in [0.15, 0.2) is 5.65 Å². The predicted octanol–water partition coefficient (Wildman–Crippen LogP) is 4.44. The quantitative estimate of drug-likeness (QED) is 0.429. The highest BCUT2D eigenvalue weighted by atomic mass is 19.1. The Morgan fingerprint density at radius 3 is 2.97 bits per heavy atom. The number of aromatic amines is 1. The molecule has 1 aliphatic carbocycles. The summed E-state index contributed by atoms with van der Waals surface area (Å²) in [4.78, 5) is 24.4. The molecule has 1 saturated carbocycles. The van der Waals surface area contributed by atoms with Gasteiger partial charge in [0.2, 0.25) is 0 Å². The number of carbonyl (C=O) groups excluding carboxylic acids is 1. The van der Waals surface area contributed by atoms with E-state index >= 15 is 0 Å². The van der Waals surface area contributed by atoms with E-state index in [1.165, 1.54) is 12.5 Å². The molecule has 3 N–H and O–H groups in total. The van der Waals surface area contributed by atoms with Crippen molar-refractivity contribution in [1.29, 1.82) is 0 Å². The number of benzene rings is 1. The standard InChI is InChI=1S/C22H22FN7O/c1-13(27-20-11-25-21-19(29-20)7-8-24-21)17-9-15(5-6-18(17)23)28-22(31)14-10-26-30(12-14)16-3-2-4-16/h5-13,16H,2-4H2,1H3,(H,24,25)(H,27,29)(H,28,31)/t13-/m0/s1. The number of nitrogens with one attached hydrogen (secondary N) is 3. The van der Waals surface area contributed by atoms with Crippen LogP contribution in [0.1, 0.15) is 54.2 Å². The Balaban J connectivity index is 1.30. The number of hydrogen-bond donors (Lipinski definition) is 3. The van der Waals surface area contributed by atoms with E-state index in [-0.39, 0.29) is 17.8 Å². The third-order valence-electron chi connectivity index (χ3n) is 5.66. The van der Waals surface area contributed by atoms with Crippen molar-refractivity contribution in [3.8, 4) is 0 Å². The second-order valence-corrected chi connectivity index (χ2v) is 7.82. The maximum atomic E-state index is 14.5. The average Bonchev–Trinajstić information content (AvgIpc) is 3.37. The number of aromatic nitrogens is 5. The molecule has 0 spiro atoms. The van der Waals surface area contributed by atoms with Gasteiger partial charge in [0.1, 0.15) is 17.2 Å². The Kier molecular flexibility index (Phi) is 4.85. The Hall–Kier alpha value is -3.75. The van der Waals surface area contributed by atoms with Gasteiger partial charge in [-0.15, -0.1) is 0 Å². The summed E-state index contributed by atoms with van der Waals surface area (Å²) in [6, 6.07) is 6.35. The number of anilines is 2.